The molecule has 0 saturated heterocycles. The highest BCUT2D eigenvalue weighted by Crippen LogP contribution is 2.32. The molecule has 1 aliphatic rings. The van der Waals surface area contributed by atoms with Crippen molar-refractivity contribution in [3.63, 3.8) is 0 Å². The van der Waals surface area contributed by atoms with Crippen LogP contribution in [0, 0.1) is 0 Å². The van der Waals surface area contributed by atoms with E-state index in [9.17, 15) is 8.09 Å². The van der Waals surface area contributed by atoms with Gasteiger partial charge in [0.05, 0.1) is 6.54 Å². The zero-order valence-electron chi connectivity index (χ0n) is 10.5. The lowest BCUT2D eigenvalue weighted by atomic mass is 10.1. The van der Waals surface area contributed by atoms with E-state index in [0.29, 0.717) is 17.9 Å². The van der Waals surface area contributed by atoms with Gasteiger partial charge in [-0.15, -0.1) is 15.2 Å². The summed E-state index contributed by atoms with van der Waals surface area (Å²) in [6.45, 7) is 0.382. The Bertz CT molecular complexity index is 721. The first-order valence-corrected chi connectivity index (χ1v) is 8.29. The third kappa shape index (κ3) is 2.78. The van der Waals surface area contributed by atoms with E-state index in [-0.39, 0.29) is 17.5 Å². The number of benzene rings is 1. The average Bonchev–Trinajstić information content (AvgIpc) is 3.09. The fourth-order valence-electron chi connectivity index (χ4n) is 1.86. The molecule has 0 bridgehead atoms. The minimum Gasteiger partial charge on any atom is -0.454 e. The standard InChI is InChI=1S/C13H12FNO3S2/c14-20(16,13-2-1-7-19-13)15-6-5-10-3-4-11-12(8-10)18-9-17-11/h1-4,7-8H,5-6,9H2/t20-/m1/s1. The summed E-state index contributed by atoms with van der Waals surface area (Å²) in [6.07, 6.45) is 0.503. The molecule has 1 atom stereocenters. The highest BCUT2D eigenvalue weighted by Gasteiger charge is 2.14. The van der Waals surface area contributed by atoms with Gasteiger partial charge in [0.15, 0.2) is 11.5 Å². The first-order valence-electron chi connectivity index (χ1n) is 6.00. The fraction of sp³-hybridized carbons (Fsp3) is 0.231. The predicted octanol–water partition coefficient (Wildman–Crippen LogP) is 3.43. The number of hydrogen-bond donors (Lipinski definition) is 0. The Balaban J connectivity index is 1.70. The molecule has 20 heavy (non-hydrogen) atoms. The second-order valence-electron chi connectivity index (χ2n) is 4.18. The normalized spacial score (nSPS) is 15.8. The Labute approximate surface area is 120 Å². The third-order valence-corrected chi connectivity index (χ3v) is 5.55. The Morgan fingerprint density at radius 1 is 1.30 bits per heavy atom. The van der Waals surface area contributed by atoms with Crippen molar-refractivity contribution in [2.24, 2.45) is 4.36 Å². The van der Waals surface area contributed by atoms with Gasteiger partial charge in [0.25, 0.3) is 0 Å². The van der Waals surface area contributed by atoms with Crippen LogP contribution >= 0.6 is 11.3 Å². The van der Waals surface area contributed by atoms with Crippen LogP contribution in [-0.2, 0) is 16.5 Å². The number of ether oxygens (including phenoxy) is 2. The predicted molar refractivity (Wildman–Crippen MR) is 75.4 cm³/mol. The molecule has 0 fully saturated rings. The van der Waals surface area contributed by atoms with E-state index in [2.05, 4.69) is 4.36 Å². The summed E-state index contributed by atoms with van der Waals surface area (Å²) < 4.78 is 40.0. The molecule has 2 aromatic rings. The molecule has 7 heteroatoms. The molecular weight excluding hydrogens is 301 g/mol. The van der Waals surface area contributed by atoms with Gasteiger partial charge in [0, 0.05) is 0 Å². The zero-order valence-corrected chi connectivity index (χ0v) is 12.1. The van der Waals surface area contributed by atoms with Gasteiger partial charge in [-0.05, 0) is 35.6 Å². The lowest BCUT2D eigenvalue weighted by Gasteiger charge is -2.01. The van der Waals surface area contributed by atoms with Crippen LogP contribution in [-0.4, -0.2) is 17.5 Å². The van der Waals surface area contributed by atoms with Gasteiger partial charge in [-0.25, -0.2) is 8.57 Å². The van der Waals surface area contributed by atoms with Crippen LogP contribution in [0.3, 0.4) is 0 Å². The monoisotopic (exact) mass is 313 g/mol. The molecule has 1 aromatic heterocycles. The van der Waals surface area contributed by atoms with Crippen LogP contribution < -0.4 is 9.47 Å². The van der Waals surface area contributed by atoms with Crippen molar-refractivity contribution >= 4 is 21.5 Å². The quantitative estimate of drug-likeness (QED) is 0.813. The number of halogens is 1. The van der Waals surface area contributed by atoms with Crippen molar-refractivity contribution in [2.45, 2.75) is 10.6 Å². The topological polar surface area (TPSA) is 47.9 Å². The summed E-state index contributed by atoms with van der Waals surface area (Å²) in [6, 6.07) is 8.67. The van der Waals surface area contributed by atoms with E-state index in [1.165, 1.54) is 6.07 Å². The smallest absolute Gasteiger partial charge is 0.240 e. The Morgan fingerprint density at radius 3 is 2.95 bits per heavy atom. The summed E-state index contributed by atoms with van der Waals surface area (Å²) in [7, 11) is -3.76. The maximum absolute atomic E-state index is 13.9. The highest BCUT2D eigenvalue weighted by atomic mass is 32.3. The first-order chi connectivity index (χ1) is 9.65. The number of fused-ring (bicyclic) bond motifs is 1. The van der Waals surface area contributed by atoms with E-state index >= 15 is 0 Å². The van der Waals surface area contributed by atoms with E-state index in [0.717, 1.165) is 16.9 Å². The van der Waals surface area contributed by atoms with Crippen molar-refractivity contribution in [3.8, 4) is 11.5 Å². The maximum atomic E-state index is 13.9. The highest BCUT2D eigenvalue weighted by molar-refractivity contribution is 7.90. The largest absolute Gasteiger partial charge is 0.454 e. The van der Waals surface area contributed by atoms with Crippen molar-refractivity contribution in [3.05, 3.63) is 41.3 Å². The maximum Gasteiger partial charge on any atom is 0.240 e. The van der Waals surface area contributed by atoms with Gasteiger partial charge in [0.2, 0.25) is 16.9 Å². The van der Waals surface area contributed by atoms with Crippen molar-refractivity contribution < 1.29 is 17.6 Å². The lowest BCUT2D eigenvalue weighted by molar-refractivity contribution is 0.174. The van der Waals surface area contributed by atoms with Gasteiger partial charge in [0.1, 0.15) is 4.21 Å². The van der Waals surface area contributed by atoms with Gasteiger partial charge in [-0.1, -0.05) is 12.1 Å². The zero-order chi connectivity index (χ0) is 14.0. The third-order valence-electron chi connectivity index (χ3n) is 2.84. The molecule has 4 nitrogen and oxygen atoms in total. The van der Waals surface area contributed by atoms with Crippen LogP contribution in [0.15, 0.2) is 44.3 Å². The Morgan fingerprint density at radius 2 is 2.15 bits per heavy atom. The molecule has 0 radical (unpaired) electrons. The Hall–Kier alpha value is -1.60. The molecule has 106 valence electrons. The van der Waals surface area contributed by atoms with E-state index < -0.39 is 10.1 Å². The van der Waals surface area contributed by atoms with Crippen LogP contribution in [0.2, 0.25) is 0 Å². The second kappa shape index (κ2) is 5.41. The van der Waals surface area contributed by atoms with Gasteiger partial charge < -0.3 is 9.47 Å². The number of hydrogen-bond acceptors (Lipinski definition) is 5. The molecule has 0 N–H and O–H groups in total. The number of nitrogens with zero attached hydrogens (tertiary/aromatic N) is 1. The summed E-state index contributed by atoms with van der Waals surface area (Å²) in [5.41, 5.74) is 0.944. The van der Waals surface area contributed by atoms with Crippen LogP contribution in [0.1, 0.15) is 5.56 Å². The minimum atomic E-state index is -3.76. The minimum absolute atomic E-state index is 0.160. The molecule has 1 aromatic carbocycles. The SMILES string of the molecule is O=[S@](F)(=NCCc1ccc2c(c1)OCO2)c1cccs1. The molecule has 2 heterocycles. The average molecular weight is 313 g/mol. The van der Waals surface area contributed by atoms with Gasteiger partial charge >= 0.3 is 0 Å². The van der Waals surface area contributed by atoms with E-state index in [1.54, 1.807) is 11.4 Å². The molecule has 0 aliphatic carbocycles. The second-order valence-corrected chi connectivity index (χ2v) is 7.00. The van der Waals surface area contributed by atoms with Crippen molar-refractivity contribution in [2.75, 3.05) is 13.3 Å². The van der Waals surface area contributed by atoms with Crippen LogP contribution in [0.4, 0.5) is 3.89 Å². The summed E-state index contributed by atoms with van der Waals surface area (Å²) in [4.78, 5) is 0. The van der Waals surface area contributed by atoms with Crippen molar-refractivity contribution in [1.82, 2.24) is 0 Å². The molecule has 0 unspecified atom stereocenters. The van der Waals surface area contributed by atoms with Gasteiger partial charge in [-0.3, -0.25) is 0 Å². The molecule has 0 saturated carbocycles. The first kappa shape index (κ1) is 13.4. The van der Waals surface area contributed by atoms with E-state index in [4.69, 9.17) is 9.47 Å². The van der Waals surface area contributed by atoms with Gasteiger partial charge in [-0.2, -0.15) is 0 Å². The number of thiophene rings is 1. The van der Waals surface area contributed by atoms with Crippen LogP contribution in [0.5, 0.6) is 11.5 Å². The lowest BCUT2D eigenvalue weighted by Crippen LogP contribution is -1.95. The van der Waals surface area contributed by atoms with Crippen LogP contribution in [0.25, 0.3) is 0 Å². The fourth-order valence-corrected chi connectivity index (χ4v) is 3.81. The van der Waals surface area contributed by atoms with E-state index in [1.807, 2.05) is 18.2 Å². The molecule has 0 amide bonds. The van der Waals surface area contributed by atoms with Crippen molar-refractivity contribution in [1.29, 1.82) is 0 Å². The molecule has 1 aliphatic heterocycles. The summed E-state index contributed by atoms with van der Waals surface area (Å²) >= 11 is 1.11. The molecule has 3 rings (SSSR count). The molecule has 0 spiro atoms. The summed E-state index contributed by atoms with van der Waals surface area (Å²) in [5, 5.41) is 1.68. The number of rotatable bonds is 4. The Kier molecular flexibility index (Phi) is 3.62. The molecular formula is C13H12FNO3S2. The summed E-state index contributed by atoms with van der Waals surface area (Å²) in [5.74, 6) is 1.39.